The summed E-state index contributed by atoms with van der Waals surface area (Å²) in [5, 5.41) is 4.09. The van der Waals surface area contributed by atoms with Crippen LogP contribution in [0.4, 0.5) is 0 Å². The highest BCUT2D eigenvalue weighted by molar-refractivity contribution is 5.80. The Labute approximate surface area is 166 Å². The molecule has 3 rings (SSSR count). The minimum Gasteiger partial charge on any atom is -0.368 e. The van der Waals surface area contributed by atoms with Gasteiger partial charge in [-0.3, -0.25) is 9.69 Å². The van der Waals surface area contributed by atoms with E-state index >= 15 is 0 Å². The molecule has 7 nitrogen and oxygen atoms in total. The van der Waals surface area contributed by atoms with Crippen molar-refractivity contribution < 1.29 is 14.1 Å². The summed E-state index contributed by atoms with van der Waals surface area (Å²) in [5.74, 6) is 1.70. The highest BCUT2D eigenvalue weighted by atomic mass is 16.5. The van der Waals surface area contributed by atoms with Gasteiger partial charge in [-0.25, -0.2) is 0 Å². The van der Waals surface area contributed by atoms with Crippen LogP contribution in [0.2, 0.25) is 0 Å². The number of amides is 1. The molecule has 1 saturated heterocycles. The van der Waals surface area contributed by atoms with E-state index in [1.54, 1.807) is 0 Å². The Balaban J connectivity index is 1.48. The van der Waals surface area contributed by atoms with E-state index in [0.717, 1.165) is 18.7 Å². The zero-order chi connectivity index (χ0) is 20.1. The summed E-state index contributed by atoms with van der Waals surface area (Å²) in [4.78, 5) is 21.1. The van der Waals surface area contributed by atoms with Crippen LogP contribution in [0.15, 0.2) is 28.8 Å². The van der Waals surface area contributed by atoms with Gasteiger partial charge in [0.15, 0.2) is 0 Å². The summed E-state index contributed by atoms with van der Waals surface area (Å²) in [6.45, 7) is 12.2. The SMILES string of the molecule is Cc1ccc(-c2noc(CN3CCN(C(=O)C(C)OCC(C)C)CC3)n2)cc1. The summed E-state index contributed by atoms with van der Waals surface area (Å²) in [5.41, 5.74) is 2.15. The van der Waals surface area contributed by atoms with Crippen LogP contribution in [0, 0.1) is 12.8 Å². The molecule has 1 unspecified atom stereocenters. The number of carbonyl (C=O) groups excluding carboxylic acids is 1. The smallest absolute Gasteiger partial charge is 0.251 e. The number of hydrogen-bond acceptors (Lipinski definition) is 6. The van der Waals surface area contributed by atoms with E-state index in [0.29, 0.717) is 43.9 Å². The molecule has 0 saturated carbocycles. The van der Waals surface area contributed by atoms with Crippen LogP contribution in [-0.4, -0.2) is 64.7 Å². The lowest BCUT2D eigenvalue weighted by molar-refractivity contribution is -0.145. The number of hydrogen-bond donors (Lipinski definition) is 0. The zero-order valence-corrected chi connectivity index (χ0v) is 17.2. The maximum atomic E-state index is 12.5. The summed E-state index contributed by atoms with van der Waals surface area (Å²) in [6, 6.07) is 8.06. The van der Waals surface area contributed by atoms with Gasteiger partial charge in [0.25, 0.3) is 5.91 Å². The average Bonchev–Trinajstić information content (AvgIpc) is 3.15. The van der Waals surface area contributed by atoms with Crippen LogP contribution in [0.1, 0.15) is 32.2 Å². The maximum absolute atomic E-state index is 12.5. The summed E-state index contributed by atoms with van der Waals surface area (Å²) in [6.07, 6.45) is -0.387. The Bertz CT molecular complexity index is 764. The van der Waals surface area contributed by atoms with Gasteiger partial charge in [-0.1, -0.05) is 48.8 Å². The minimum atomic E-state index is -0.387. The molecular formula is C21H30N4O3. The number of aromatic nitrogens is 2. The first kappa shape index (κ1) is 20.5. The van der Waals surface area contributed by atoms with Crippen LogP contribution < -0.4 is 0 Å². The molecule has 2 heterocycles. The molecule has 0 N–H and O–H groups in total. The number of carbonyl (C=O) groups is 1. The molecule has 152 valence electrons. The number of aryl methyl sites for hydroxylation is 1. The van der Waals surface area contributed by atoms with Crippen molar-refractivity contribution in [1.82, 2.24) is 19.9 Å². The van der Waals surface area contributed by atoms with Crippen molar-refractivity contribution in [3.8, 4) is 11.4 Å². The Morgan fingerprint density at radius 1 is 1.14 bits per heavy atom. The predicted octanol–water partition coefficient (Wildman–Crippen LogP) is 2.75. The van der Waals surface area contributed by atoms with Crippen LogP contribution in [-0.2, 0) is 16.1 Å². The molecule has 1 aromatic carbocycles. The molecule has 1 aliphatic rings. The van der Waals surface area contributed by atoms with Crippen molar-refractivity contribution in [2.24, 2.45) is 5.92 Å². The van der Waals surface area contributed by atoms with Gasteiger partial charge in [0.2, 0.25) is 11.7 Å². The minimum absolute atomic E-state index is 0.0692. The molecule has 0 spiro atoms. The Morgan fingerprint density at radius 3 is 2.46 bits per heavy atom. The standard InChI is InChI=1S/C21H30N4O3/c1-15(2)14-27-17(4)21(26)25-11-9-24(10-12-25)13-19-22-20(23-28-19)18-7-5-16(3)6-8-18/h5-8,15,17H,9-14H2,1-4H3. The van der Waals surface area contributed by atoms with E-state index in [1.165, 1.54) is 5.56 Å². The van der Waals surface area contributed by atoms with Crippen molar-refractivity contribution >= 4 is 5.91 Å². The molecule has 1 aliphatic heterocycles. The lowest BCUT2D eigenvalue weighted by Gasteiger charge is -2.35. The first-order valence-corrected chi connectivity index (χ1v) is 9.94. The fourth-order valence-corrected chi connectivity index (χ4v) is 3.12. The fourth-order valence-electron chi connectivity index (χ4n) is 3.12. The summed E-state index contributed by atoms with van der Waals surface area (Å²) >= 11 is 0. The van der Waals surface area contributed by atoms with Crippen LogP contribution in [0.3, 0.4) is 0 Å². The average molecular weight is 386 g/mol. The van der Waals surface area contributed by atoms with E-state index in [9.17, 15) is 4.79 Å². The molecule has 1 fully saturated rings. The molecule has 2 aromatic rings. The molecule has 1 aromatic heterocycles. The van der Waals surface area contributed by atoms with Gasteiger partial charge in [-0.15, -0.1) is 0 Å². The van der Waals surface area contributed by atoms with E-state index in [4.69, 9.17) is 9.26 Å². The number of piperazine rings is 1. The molecule has 1 amide bonds. The molecular weight excluding hydrogens is 356 g/mol. The number of rotatable bonds is 7. The largest absolute Gasteiger partial charge is 0.368 e. The van der Waals surface area contributed by atoms with E-state index in [1.807, 2.05) is 43.0 Å². The number of nitrogens with zero attached hydrogens (tertiary/aromatic N) is 4. The van der Waals surface area contributed by atoms with Gasteiger partial charge in [0, 0.05) is 38.3 Å². The monoisotopic (exact) mass is 386 g/mol. The molecule has 1 atom stereocenters. The molecule has 0 bridgehead atoms. The Morgan fingerprint density at radius 2 is 1.82 bits per heavy atom. The quantitative estimate of drug-likeness (QED) is 0.729. The second-order valence-electron chi connectivity index (χ2n) is 7.85. The third-order valence-electron chi connectivity index (χ3n) is 4.85. The first-order chi connectivity index (χ1) is 13.4. The topological polar surface area (TPSA) is 71.7 Å². The van der Waals surface area contributed by atoms with Gasteiger partial charge in [0.1, 0.15) is 6.10 Å². The fraction of sp³-hybridized carbons (Fsp3) is 0.571. The third-order valence-corrected chi connectivity index (χ3v) is 4.85. The Kier molecular flexibility index (Phi) is 6.80. The molecule has 7 heteroatoms. The van der Waals surface area contributed by atoms with Gasteiger partial charge < -0.3 is 14.2 Å². The lowest BCUT2D eigenvalue weighted by Crippen LogP contribution is -2.51. The Hall–Kier alpha value is -2.25. The maximum Gasteiger partial charge on any atom is 0.251 e. The highest BCUT2D eigenvalue weighted by Gasteiger charge is 2.26. The third kappa shape index (κ3) is 5.39. The molecule has 0 radical (unpaired) electrons. The van der Waals surface area contributed by atoms with Crippen molar-refractivity contribution in [1.29, 1.82) is 0 Å². The summed E-state index contributed by atoms with van der Waals surface area (Å²) in [7, 11) is 0. The van der Waals surface area contributed by atoms with Crippen molar-refractivity contribution in [2.75, 3.05) is 32.8 Å². The van der Waals surface area contributed by atoms with Gasteiger partial charge >= 0.3 is 0 Å². The second-order valence-corrected chi connectivity index (χ2v) is 7.85. The van der Waals surface area contributed by atoms with Gasteiger partial charge in [-0.2, -0.15) is 4.98 Å². The van der Waals surface area contributed by atoms with E-state index in [2.05, 4.69) is 28.9 Å². The summed E-state index contributed by atoms with van der Waals surface area (Å²) < 4.78 is 11.1. The molecule has 28 heavy (non-hydrogen) atoms. The van der Waals surface area contributed by atoms with Crippen LogP contribution in [0.25, 0.3) is 11.4 Å². The van der Waals surface area contributed by atoms with Crippen molar-refractivity contribution in [2.45, 2.75) is 40.3 Å². The number of benzene rings is 1. The van der Waals surface area contributed by atoms with Crippen LogP contribution >= 0.6 is 0 Å². The zero-order valence-electron chi connectivity index (χ0n) is 17.2. The van der Waals surface area contributed by atoms with Crippen molar-refractivity contribution in [3.63, 3.8) is 0 Å². The normalized spacial score (nSPS) is 16.5. The second kappa shape index (κ2) is 9.30. The lowest BCUT2D eigenvalue weighted by atomic mass is 10.1. The van der Waals surface area contributed by atoms with Crippen LogP contribution in [0.5, 0.6) is 0 Å². The van der Waals surface area contributed by atoms with Gasteiger partial charge in [-0.05, 0) is 19.8 Å². The van der Waals surface area contributed by atoms with E-state index in [-0.39, 0.29) is 12.0 Å². The van der Waals surface area contributed by atoms with E-state index < -0.39 is 0 Å². The predicted molar refractivity (Wildman–Crippen MR) is 107 cm³/mol. The van der Waals surface area contributed by atoms with Crippen molar-refractivity contribution in [3.05, 3.63) is 35.7 Å². The van der Waals surface area contributed by atoms with Gasteiger partial charge in [0.05, 0.1) is 6.54 Å². The molecule has 0 aliphatic carbocycles. The highest BCUT2D eigenvalue weighted by Crippen LogP contribution is 2.17. The number of ether oxygens (including phenoxy) is 1. The first-order valence-electron chi connectivity index (χ1n) is 9.94.